The number of fused-ring (bicyclic) bond motifs is 1. The van der Waals surface area contributed by atoms with Gasteiger partial charge in [0.1, 0.15) is 11.6 Å². The Labute approximate surface area is 110 Å². The topological polar surface area (TPSA) is 79.0 Å². The number of benzene rings is 1. The number of carbonyl (C=O) groups excluding carboxylic acids is 3. The Kier molecular flexibility index (Phi) is 3.46. The molecule has 5 nitrogen and oxygen atoms in total. The average Bonchev–Trinajstić information content (AvgIpc) is 2.72. The molecule has 1 aromatic carbocycles. The molecule has 0 unspecified atom stereocenters. The number of anilines is 1. The van der Waals surface area contributed by atoms with Crippen molar-refractivity contribution in [1.29, 1.82) is 0 Å². The maximum Gasteiger partial charge on any atom is 0.242 e. The number of Topliss-reactive ketones (excluding diaryl/α,β-unsaturated/α-hetero) is 2. The Morgan fingerprint density at radius 1 is 1.11 bits per heavy atom. The van der Waals surface area contributed by atoms with E-state index in [1.54, 1.807) is 6.20 Å². The second-order valence-corrected chi connectivity index (χ2v) is 4.39. The number of para-hydroxylation sites is 1. The highest BCUT2D eigenvalue weighted by molar-refractivity contribution is 6.21. The lowest BCUT2D eigenvalue weighted by atomic mass is 10.00. The Hall–Kier alpha value is -2.43. The largest absolute Gasteiger partial charge is 0.359 e. The predicted molar refractivity (Wildman–Crippen MR) is 71.8 cm³/mol. The van der Waals surface area contributed by atoms with Crippen LogP contribution in [-0.4, -0.2) is 22.5 Å². The van der Waals surface area contributed by atoms with E-state index in [0.717, 1.165) is 10.9 Å². The number of ketones is 2. The summed E-state index contributed by atoms with van der Waals surface area (Å²) in [7, 11) is 0. The zero-order valence-electron chi connectivity index (χ0n) is 10.7. The highest BCUT2D eigenvalue weighted by atomic mass is 16.2. The van der Waals surface area contributed by atoms with Crippen LogP contribution in [0.2, 0.25) is 0 Å². The van der Waals surface area contributed by atoms with Crippen molar-refractivity contribution in [2.75, 3.05) is 5.32 Å². The second-order valence-electron chi connectivity index (χ2n) is 4.39. The number of aromatic amines is 1. The molecule has 0 saturated carbocycles. The molecular formula is C14H14N2O3. The minimum absolute atomic E-state index is 0.454. The molecule has 0 aliphatic carbocycles. The van der Waals surface area contributed by atoms with Crippen molar-refractivity contribution in [1.82, 2.24) is 4.98 Å². The Bertz CT molecular complexity index is 644. The summed E-state index contributed by atoms with van der Waals surface area (Å²) in [6.45, 7) is 2.47. The average molecular weight is 258 g/mol. The molecule has 98 valence electrons. The van der Waals surface area contributed by atoms with Crippen molar-refractivity contribution in [3.63, 3.8) is 0 Å². The third kappa shape index (κ3) is 2.54. The molecule has 0 fully saturated rings. The van der Waals surface area contributed by atoms with E-state index in [2.05, 4.69) is 10.3 Å². The van der Waals surface area contributed by atoms with Crippen LogP contribution in [0.5, 0.6) is 0 Å². The van der Waals surface area contributed by atoms with E-state index < -0.39 is 23.4 Å². The number of hydrogen-bond donors (Lipinski definition) is 2. The van der Waals surface area contributed by atoms with Crippen LogP contribution in [0.25, 0.3) is 10.9 Å². The Morgan fingerprint density at radius 3 is 2.37 bits per heavy atom. The normalized spacial score (nSPS) is 10.7. The van der Waals surface area contributed by atoms with E-state index >= 15 is 0 Å². The van der Waals surface area contributed by atoms with Crippen LogP contribution in [0.4, 0.5) is 5.69 Å². The van der Waals surface area contributed by atoms with Crippen LogP contribution >= 0.6 is 0 Å². The number of aromatic nitrogens is 1. The number of nitrogens with one attached hydrogen (secondary N) is 2. The van der Waals surface area contributed by atoms with Gasteiger partial charge in [-0.1, -0.05) is 18.2 Å². The van der Waals surface area contributed by atoms with Crippen molar-refractivity contribution >= 4 is 34.1 Å². The number of H-pyrrole nitrogens is 1. The summed E-state index contributed by atoms with van der Waals surface area (Å²) >= 11 is 0. The highest BCUT2D eigenvalue weighted by Gasteiger charge is 2.28. The molecule has 2 aromatic rings. The van der Waals surface area contributed by atoms with Gasteiger partial charge >= 0.3 is 0 Å². The molecule has 2 N–H and O–H groups in total. The first kappa shape index (κ1) is 13.0. The quantitative estimate of drug-likeness (QED) is 0.822. The van der Waals surface area contributed by atoms with Gasteiger partial charge in [-0.05, 0) is 19.9 Å². The smallest absolute Gasteiger partial charge is 0.242 e. The van der Waals surface area contributed by atoms with Gasteiger partial charge in [0.05, 0.1) is 5.69 Å². The maximum atomic E-state index is 12.0. The van der Waals surface area contributed by atoms with E-state index in [-0.39, 0.29) is 0 Å². The molecule has 0 spiro atoms. The fourth-order valence-corrected chi connectivity index (χ4v) is 2.04. The van der Waals surface area contributed by atoms with Gasteiger partial charge in [-0.3, -0.25) is 14.4 Å². The van der Waals surface area contributed by atoms with Crippen molar-refractivity contribution in [2.24, 2.45) is 5.92 Å². The highest BCUT2D eigenvalue weighted by Crippen LogP contribution is 2.23. The van der Waals surface area contributed by atoms with E-state index in [1.165, 1.54) is 13.8 Å². The number of rotatable bonds is 4. The number of carbonyl (C=O) groups is 3. The molecule has 1 aromatic heterocycles. The first-order chi connectivity index (χ1) is 9.00. The van der Waals surface area contributed by atoms with E-state index in [9.17, 15) is 14.4 Å². The molecule has 0 aliphatic rings. The van der Waals surface area contributed by atoms with Gasteiger partial charge in [0, 0.05) is 17.1 Å². The second kappa shape index (κ2) is 5.06. The molecule has 0 saturated heterocycles. The van der Waals surface area contributed by atoms with E-state index in [1.807, 2.05) is 24.3 Å². The maximum absolute atomic E-state index is 12.0. The summed E-state index contributed by atoms with van der Waals surface area (Å²) in [5.74, 6) is -2.74. The predicted octanol–water partition coefficient (Wildman–Crippen LogP) is 1.90. The summed E-state index contributed by atoms with van der Waals surface area (Å²) in [4.78, 5) is 37.6. The standard InChI is InChI=1S/C14H14N2O3/c1-8(17)13(9(2)18)14(19)16-12-7-15-11-6-4-3-5-10(11)12/h3-7,13,15H,1-2H3,(H,16,19). The molecule has 5 heteroatoms. The fraction of sp³-hybridized carbons (Fsp3) is 0.214. The lowest BCUT2D eigenvalue weighted by Crippen LogP contribution is -2.33. The van der Waals surface area contributed by atoms with Gasteiger partial charge in [0.15, 0.2) is 5.92 Å². The van der Waals surface area contributed by atoms with E-state index in [4.69, 9.17) is 0 Å². The number of hydrogen-bond acceptors (Lipinski definition) is 3. The van der Waals surface area contributed by atoms with Gasteiger partial charge in [0.2, 0.25) is 5.91 Å². The first-order valence-electron chi connectivity index (χ1n) is 5.88. The van der Waals surface area contributed by atoms with E-state index in [0.29, 0.717) is 5.69 Å². The lowest BCUT2D eigenvalue weighted by Gasteiger charge is -2.10. The van der Waals surface area contributed by atoms with Crippen LogP contribution in [0.1, 0.15) is 13.8 Å². The molecule has 0 aliphatic heterocycles. The third-order valence-electron chi connectivity index (χ3n) is 2.92. The Balaban J connectivity index is 2.28. The minimum Gasteiger partial charge on any atom is -0.359 e. The molecule has 1 heterocycles. The summed E-state index contributed by atoms with van der Waals surface area (Å²) in [6.07, 6.45) is 1.64. The SMILES string of the molecule is CC(=O)C(C(C)=O)C(=O)Nc1c[nH]c2ccccc12. The third-order valence-corrected chi connectivity index (χ3v) is 2.92. The zero-order valence-corrected chi connectivity index (χ0v) is 10.7. The molecule has 0 radical (unpaired) electrons. The molecule has 19 heavy (non-hydrogen) atoms. The van der Waals surface area contributed by atoms with Crippen molar-refractivity contribution in [3.05, 3.63) is 30.5 Å². The minimum atomic E-state index is -1.24. The van der Waals surface area contributed by atoms with Gasteiger partial charge in [-0.15, -0.1) is 0 Å². The van der Waals surface area contributed by atoms with Crippen LogP contribution in [0, 0.1) is 5.92 Å². The van der Waals surface area contributed by atoms with Crippen molar-refractivity contribution < 1.29 is 14.4 Å². The molecule has 2 rings (SSSR count). The van der Waals surface area contributed by atoms with Crippen LogP contribution in [-0.2, 0) is 14.4 Å². The van der Waals surface area contributed by atoms with Crippen LogP contribution in [0.15, 0.2) is 30.5 Å². The van der Waals surface area contributed by atoms with Gasteiger partial charge < -0.3 is 10.3 Å². The molecule has 0 atom stereocenters. The first-order valence-corrected chi connectivity index (χ1v) is 5.88. The Morgan fingerprint density at radius 2 is 1.74 bits per heavy atom. The fourth-order valence-electron chi connectivity index (χ4n) is 2.04. The summed E-state index contributed by atoms with van der Waals surface area (Å²) in [5, 5.41) is 3.45. The lowest BCUT2D eigenvalue weighted by molar-refractivity contribution is -0.136. The summed E-state index contributed by atoms with van der Waals surface area (Å²) in [6, 6.07) is 7.44. The van der Waals surface area contributed by atoms with Crippen molar-refractivity contribution in [3.8, 4) is 0 Å². The van der Waals surface area contributed by atoms with Gasteiger partial charge in [-0.25, -0.2) is 0 Å². The van der Waals surface area contributed by atoms with Gasteiger partial charge in [-0.2, -0.15) is 0 Å². The van der Waals surface area contributed by atoms with Gasteiger partial charge in [0.25, 0.3) is 0 Å². The van der Waals surface area contributed by atoms with Crippen molar-refractivity contribution in [2.45, 2.75) is 13.8 Å². The summed E-state index contributed by atoms with van der Waals surface area (Å²) in [5.41, 5.74) is 1.44. The molecule has 1 amide bonds. The van der Waals surface area contributed by atoms with Crippen LogP contribution < -0.4 is 5.32 Å². The number of amides is 1. The summed E-state index contributed by atoms with van der Waals surface area (Å²) < 4.78 is 0. The molecule has 0 bridgehead atoms. The monoisotopic (exact) mass is 258 g/mol. The van der Waals surface area contributed by atoms with Crippen LogP contribution in [0.3, 0.4) is 0 Å². The zero-order chi connectivity index (χ0) is 14.0. The molecular weight excluding hydrogens is 244 g/mol.